The number of anilines is 4. The van der Waals surface area contributed by atoms with Gasteiger partial charge in [-0.25, -0.2) is 9.78 Å². The molecule has 0 aliphatic heterocycles. The fourth-order valence-corrected chi connectivity index (χ4v) is 2.81. The summed E-state index contributed by atoms with van der Waals surface area (Å²) in [7, 11) is 1.33. The lowest BCUT2D eigenvalue weighted by Gasteiger charge is -2.12. The predicted octanol–water partition coefficient (Wildman–Crippen LogP) is 5.27. The summed E-state index contributed by atoms with van der Waals surface area (Å²) in [4.78, 5) is 20.6. The molecular weight excluding hydrogens is 376 g/mol. The number of carbonyl (C=O) groups is 1. The average Bonchev–Trinajstić information content (AvgIpc) is 2.69. The molecule has 0 amide bonds. The van der Waals surface area contributed by atoms with E-state index >= 15 is 0 Å². The Labute approximate surface area is 168 Å². The van der Waals surface area contributed by atoms with Crippen LogP contribution in [0.25, 0.3) is 0 Å². The van der Waals surface area contributed by atoms with Crippen LogP contribution in [0.3, 0.4) is 0 Å². The number of carbonyl (C=O) groups excluding carboxylic acids is 1. The Morgan fingerprint density at radius 2 is 1.82 bits per heavy atom. The van der Waals surface area contributed by atoms with Crippen LogP contribution in [0, 0.1) is 6.92 Å². The summed E-state index contributed by atoms with van der Waals surface area (Å²) in [5.41, 5.74) is 3.90. The molecule has 0 saturated carbocycles. The Kier molecular flexibility index (Phi) is 6.11. The van der Waals surface area contributed by atoms with E-state index in [1.165, 1.54) is 12.7 Å². The second-order valence-electron chi connectivity index (χ2n) is 6.20. The van der Waals surface area contributed by atoms with Gasteiger partial charge in [-0.1, -0.05) is 30.7 Å². The summed E-state index contributed by atoms with van der Waals surface area (Å²) in [6.07, 6.45) is 0.992. The Balaban J connectivity index is 1.84. The number of halogens is 1. The van der Waals surface area contributed by atoms with Crippen LogP contribution < -0.4 is 10.6 Å². The number of rotatable bonds is 6. The molecule has 6 nitrogen and oxygen atoms in total. The number of benzene rings is 2. The first kappa shape index (κ1) is 19.6. The van der Waals surface area contributed by atoms with E-state index in [1.54, 1.807) is 18.2 Å². The Hall–Kier alpha value is -3.12. The van der Waals surface area contributed by atoms with Gasteiger partial charge in [-0.15, -0.1) is 0 Å². The Morgan fingerprint density at radius 1 is 1.07 bits per heavy atom. The highest BCUT2D eigenvalue weighted by molar-refractivity contribution is 6.33. The third-order valence-corrected chi connectivity index (χ3v) is 4.45. The zero-order chi connectivity index (χ0) is 20.1. The predicted molar refractivity (Wildman–Crippen MR) is 112 cm³/mol. The van der Waals surface area contributed by atoms with Gasteiger partial charge in [-0.2, -0.15) is 4.98 Å². The summed E-state index contributed by atoms with van der Waals surface area (Å²) in [5.74, 6) is 0.582. The molecule has 0 aliphatic carbocycles. The van der Waals surface area contributed by atoms with E-state index in [1.807, 2.05) is 25.1 Å². The molecule has 1 aromatic heterocycles. The highest BCUT2D eigenvalue weighted by atomic mass is 35.5. The van der Waals surface area contributed by atoms with E-state index in [2.05, 4.69) is 39.7 Å². The van der Waals surface area contributed by atoms with Crippen LogP contribution in [0.5, 0.6) is 0 Å². The van der Waals surface area contributed by atoms with Crippen molar-refractivity contribution in [2.75, 3.05) is 17.7 Å². The molecule has 0 atom stereocenters. The van der Waals surface area contributed by atoms with E-state index in [0.29, 0.717) is 28.0 Å². The van der Waals surface area contributed by atoms with Crippen molar-refractivity contribution in [3.63, 3.8) is 0 Å². The molecule has 0 aliphatic rings. The van der Waals surface area contributed by atoms with E-state index in [9.17, 15) is 4.79 Å². The Morgan fingerprint density at radius 3 is 2.50 bits per heavy atom. The molecule has 2 aromatic carbocycles. The van der Waals surface area contributed by atoms with Crippen LogP contribution in [0.15, 0.2) is 48.5 Å². The van der Waals surface area contributed by atoms with Crippen LogP contribution in [-0.4, -0.2) is 23.0 Å². The van der Waals surface area contributed by atoms with Gasteiger partial charge in [0.1, 0.15) is 5.82 Å². The van der Waals surface area contributed by atoms with Crippen LogP contribution in [0.1, 0.15) is 28.5 Å². The third kappa shape index (κ3) is 4.78. The van der Waals surface area contributed by atoms with Gasteiger partial charge in [0.25, 0.3) is 0 Å². The molecule has 1 heterocycles. The van der Waals surface area contributed by atoms with Crippen LogP contribution in [0.4, 0.5) is 23.1 Å². The van der Waals surface area contributed by atoms with Gasteiger partial charge in [0.15, 0.2) is 0 Å². The molecule has 28 heavy (non-hydrogen) atoms. The summed E-state index contributed by atoms with van der Waals surface area (Å²) in [5, 5.41) is 6.80. The lowest BCUT2D eigenvalue weighted by molar-refractivity contribution is 0.0601. The minimum atomic E-state index is -0.442. The molecule has 3 aromatic rings. The number of aryl methyl sites for hydroxylation is 2. The maximum Gasteiger partial charge on any atom is 0.337 e. The van der Waals surface area contributed by atoms with Crippen molar-refractivity contribution in [3.05, 3.63) is 70.4 Å². The average molecular weight is 397 g/mol. The molecule has 0 fully saturated rings. The van der Waals surface area contributed by atoms with E-state index in [4.69, 9.17) is 16.3 Å². The quantitative estimate of drug-likeness (QED) is 0.552. The van der Waals surface area contributed by atoms with E-state index in [-0.39, 0.29) is 0 Å². The van der Waals surface area contributed by atoms with E-state index in [0.717, 1.165) is 17.8 Å². The van der Waals surface area contributed by atoms with Crippen molar-refractivity contribution in [3.8, 4) is 0 Å². The number of nitrogens with zero attached hydrogens (tertiary/aromatic N) is 2. The second-order valence-corrected chi connectivity index (χ2v) is 6.61. The van der Waals surface area contributed by atoms with Crippen molar-refractivity contribution in [1.29, 1.82) is 0 Å². The molecule has 3 rings (SSSR count). The SMILES string of the molecule is CCc1ccc(Nc2cc(C)nc(Nc3cc(C(=O)OC)ccc3Cl)n2)cc1. The molecule has 0 saturated heterocycles. The number of esters is 1. The maximum absolute atomic E-state index is 11.8. The topological polar surface area (TPSA) is 76.1 Å². The van der Waals surface area contributed by atoms with Gasteiger partial charge in [0.2, 0.25) is 5.95 Å². The Bertz CT molecular complexity index is 990. The summed E-state index contributed by atoms with van der Waals surface area (Å²) in [6.45, 7) is 4.00. The molecule has 0 radical (unpaired) electrons. The number of hydrogen-bond acceptors (Lipinski definition) is 6. The smallest absolute Gasteiger partial charge is 0.337 e. The molecule has 2 N–H and O–H groups in total. The summed E-state index contributed by atoms with van der Waals surface area (Å²) < 4.78 is 4.75. The first-order chi connectivity index (χ1) is 13.5. The standard InChI is InChI=1S/C21H21ClN4O2/c1-4-14-5-8-16(9-6-14)24-19-11-13(2)23-21(26-19)25-18-12-15(20(27)28-3)7-10-17(18)22/h5-12H,4H2,1-3H3,(H2,23,24,25,26). The lowest BCUT2D eigenvalue weighted by atomic mass is 10.1. The maximum atomic E-state index is 11.8. The van der Waals surface area contributed by atoms with E-state index < -0.39 is 5.97 Å². The third-order valence-electron chi connectivity index (χ3n) is 4.12. The van der Waals surface area contributed by atoms with Gasteiger partial charge < -0.3 is 15.4 Å². The van der Waals surface area contributed by atoms with Gasteiger partial charge in [0.05, 0.1) is 23.4 Å². The zero-order valence-corrected chi connectivity index (χ0v) is 16.7. The molecule has 0 spiro atoms. The first-order valence-electron chi connectivity index (χ1n) is 8.85. The minimum absolute atomic E-state index is 0.372. The first-order valence-corrected chi connectivity index (χ1v) is 9.23. The van der Waals surface area contributed by atoms with Crippen LogP contribution >= 0.6 is 11.6 Å². The minimum Gasteiger partial charge on any atom is -0.465 e. The fraction of sp³-hybridized carbons (Fsp3) is 0.190. The molecule has 144 valence electrons. The largest absolute Gasteiger partial charge is 0.465 e. The van der Waals surface area contributed by atoms with Crippen LogP contribution in [0.2, 0.25) is 5.02 Å². The molecule has 0 unspecified atom stereocenters. The van der Waals surface area contributed by atoms with Crippen molar-refractivity contribution in [2.45, 2.75) is 20.3 Å². The number of ether oxygens (including phenoxy) is 1. The van der Waals surface area contributed by atoms with Gasteiger partial charge in [-0.3, -0.25) is 0 Å². The number of aromatic nitrogens is 2. The molecule has 7 heteroatoms. The number of methoxy groups -OCH3 is 1. The van der Waals surface area contributed by atoms with Crippen molar-refractivity contribution in [2.24, 2.45) is 0 Å². The highest BCUT2D eigenvalue weighted by Gasteiger charge is 2.11. The fourth-order valence-electron chi connectivity index (χ4n) is 2.65. The van der Waals surface area contributed by atoms with Crippen LogP contribution in [-0.2, 0) is 11.2 Å². The van der Waals surface area contributed by atoms with Gasteiger partial charge in [-0.05, 0) is 49.2 Å². The number of hydrogen-bond donors (Lipinski definition) is 2. The normalized spacial score (nSPS) is 10.4. The second kappa shape index (κ2) is 8.71. The van der Waals surface area contributed by atoms with Crippen molar-refractivity contribution < 1.29 is 9.53 Å². The monoisotopic (exact) mass is 396 g/mol. The number of nitrogens with one attached hydrogen (secondary N) is 2. The lowest BCUT2D eigenvalue weighted by Crippen LogP contribution is -2.05. The zero-order valence-electron chi connectivity index (χ0n) is 15.9. The summed E-state index contributed by atoms with van der Waals surface area (Å²) in [6, 6.07) is 14.9. The van der Waals surface area contributed by atoms with Gasteiger partial charge in [0, 0.05) is 17.4 Å². The van der Waals surface area contributed by atoms with Crippen molar-refractivity contribution in [1.82, 2.24) is 9.97 Å². The molecule has 0 bridgehead atoms. The van der Waals surface area contributed by atoms with Crippen molar-refractivity contribution >= 4 is 40.7 Å². The molecular formula is C21H21ClN4O2. The van der Waals surface area contributed by atoms with Gasteiger partial charge >= 0.3 is 5.97 Å². The summed E-state index contributed by atoms with van der Waals surface area (Å²) >= 11 is 6.25. The highest BCUT2D eigenvalue weighted by Crippen LogP contribution is 2.27.